The number of rotatable bonds is 5. The number of hydrogen-bond acceptors (Lipinski definition) is 3. The molecule has 2 aromatic rings. The zero-order valence-corrected chi connectivity index (χ0v) is 10.1. The molecule has 17 heavy (non-hydrogen) atoms. The molecule has 0 bridgehead atoms. The van der Waals surface area contributed by atoms with Gasteiger partial charge in [-0.1, -0.05) is 41.9 Å². The highest BCUT2D eigenvalue weighted by Gasteiger charge is 2.01. The minimum absolute atomic E-state index is 0.356. The van der Waals surface area contributed by atoms with Crippen LogP contribution >= 0.6 is 11.6 Å². The third-order valence-corrected chi connectivity index (χ3v) is 2.61. The van der Waals surface area contributed by atoms with Gasteiger partial charge in [0.1, 0.15) is 5.02 Å². The van der Waals surface area contributed by atoms with E-state index >= 15 is 0 Å². The Labute approximate surface area is 105 Å². The highest BCUT2D eigenvalue weighted by Crippen LogP contribution is 2.14. The summed E-state index contributed by atoms with van der Waals surface area (Å²) >= 11 is 5.79. The molecule has 2 N–H and O–H groups in total. The maximum absolute atomic E-state index is 5.79. The zero-order valence-electron chi connectivity index (χ0n) is 9.34. The van der Waals surface area contributed by atoms with Gasteiger partial charge in [-0.2, -0.15) is 5.10 Å². The van der Waals surface area contributed by atoms with Gasteiger partial charge < -0.3 is 10.5 Å². The summed E-state index contributed by atoms with van der Waals surface area (Å²) in [5.74, 6) is 0.356. The molecule has 1 aromatic heterocycles. The normalized spacial score (nSPS) is 10.6. The molecule has 0 atom stereocenters. The number of nitrogen functional groups attached to an aromatic ring is 1. The number of aromatic nitrogens is 2. The number of benzene rings is 1. The lowest BCUT2D eigenvalue weighted by Crippen LogP contribution is -2.06. The van der Waals surface area contributed by atoms with Gasteiger partial charge in [-0.25, -0.2) is 0 Å². The van der Waals surface area contributed by atoms with Crippen molar-refractivity contribution in [2.24, 2.45) is 0 Å². The van der Waals surface area contributed by atoms with Gasteiger partial charge in [0.2, 0.25) is 0 Å². The number of nitrogens with two attached hydrogens (primary N) is 1. The van der Waals surface area contributed by atoms with Crippen LogP contribution in [0.1, 0.15) is 5.56 Å². The topological polar surface area (TPSA) is 53.1 Å². The molecule has 0 saturated carbocycles. The van der Waals surface area contributed by atoms with Gasteiger partial charge in [0.15, 0.2) is 5.82 Å². The highest BCUT2D eigenvalue weighted by atomic mass is 35.5. The van der Waals surface area contributed by atoms with Crippen LogP contribution in [0.15, 0.2) is 36.5 Å². The van der Waals surface area contributed by atoms with Crippen molar-refractivity contribution in [3.8, 4) is 0 Å². The second-order valence-corrected chi connectivity index (χ2v) is 4.07. The fourth-order valence-electron chi connectivity index (χ4n) is 1.45. The summed E-state index contributed by atoms with van der Waals surface area (Å²) in [4.78, 5) is 0. The molecule has 0 amide bonds. The van der Waals surface area contributed by atoms with Crippen LogP contribution in [-0.2, 0) is 17.9 Å². The molecular formula is C12H14ClN3O. The van der Waals surface area contributed by atoms with Crippen molar-refractivity contribution < 1.29 is 4.74 Å². The molecule has 2 rings (SSSR count). The van der Waals surface area contributed by atoms with Crippen LogP contribution in [-0.4, -0.2) is 16.4 Å². The average Bonchev–Trinajstić information content (AvgIpc) is 2.66. The molecule has 0 fully saturated rings. The van der Waals surface area contributed by atoms with Crippen LogP contribution in [0.2, 0.25) is 5.02 Å². The first-order chi connectivity index (χ1) is 8.25. The minimum atomic E-state index is 0.356. The van der Waals surface area contributed by atoms with Crippen molar-refractivity contribution in [3.05, 3.63) is 47.1 Å². The molecule has 0 radical (unpaired) electrons. The van der Waals surface area contributed by atoms with Crippen LogP contribution in [0, 0.1) is 0 Å². The lowest BCUT2D eigenvalue weighted by molar-refractivity contribution is 0.111. The van der Waals surface area contributed by atoms with Gasteiger partial charge in [0.25, 0.3) is 0 Å². The summed E-state index contributed by atoms with van der Waals surface area (Å²) in [5, 5.41) is 4.52. The number of anilines is 1. The Bertz CT molecular complexity index is 450. The zero-order chi connectivity index (χ0) is 12.1. The molecular weight excluding hydrogens is 238 g/mol. The maximum Gasteiger partial charge on any atom is 0.164 e. The third-order valence-electron chi connectivity index (χ3n) is 2.32. The smallest absolute Gasteiger partial charge is 0.164 e. The Hall–Kier alpha value is -1.52. The number of halogens is 1. The van der Waals surface area contributed by atoms with E-state index in [4.69, 9.17) is 22.1 Å². The average molecular weight is 252 g/mol. The van der Waals surface area contributed by atoms with E-state index < -0.39 is 0 Å². The largest absolute Gasteiger partial charge is 0.381 e. The highest BCUT2D eigenvalue weighted by molar-refractivity contribution is 6.32. The number of hydrogen-bond donors (Lipinski definition) is 1. The SMILES string of the molecule is Nc1nn(CCOCc2ccccc2)cc1Cl. The first-order valence-electron chi connectivity index (χ1n) is 5.36. The van der Waals surface area contributed by atoms with E-state index in [-0.39, 0.29) is 0 Å². The van der Waals surface area contributed by atoms with Gasteiger partial charge in [-0.05, 0) is 5.56 Å². The fraction of sp³-hybridized carbons (Fsp3) is 0.250. The molecule has 0 aliphatic carbocycles. The second-order valence-electron chi connectivity index (χ2n) is 3.66. The van der Waals surface area contributed by atoms with E-state index in [0.717, 1.165) is 5.56 Å². The van der Waals surface area contributed by atoms with E-state index in [9.17, 15) is 0 Å². The molecule has 1 aromatic carbocycles. The molecule has 4 nitrogen and oxygen atoms in total. The first kappa shape index (κ1) is 12.0. The molecule has 5 heteroatoms. The van der Waals surface area contributed by atoms with E-state index in [2.05, 4.69) is 5.10 Å². The Morgan fingerprint density at radius 2 is 2.06 bits per heavy atom. The monoisotopic (exact) mass is 251 g/mol. The van der Waals surface area contributed by atoms with Gasteiger partial charge in [0, 0.05) is 6.20 Å². The van der Waals surface area contributed by atoms with E-state index in [0.29, 0.717) is 30.6 Å². The molecule has 0 aliphatic rings. The van der Waals surface area contributed by atoms with Gasteiger partial charge in [0.05, 0.1) is 19.8 Å². The van der Waals surface area contributed by atoms with Crippen LogP contribution < -0.4 is 5.73 Å². The third kappa shape index (κ3) is 3.47. The van der Waals surface area contributed by atoms with Crippen molar-refractivity contribution in [2.75, 3.05) is 12.3 Å². The van der Waals surface area contributed by atoms with Crippen molar-refractivity contribution in [1.29, 1.82) is 0 Å². The maximum atomic E-state index is 5.79. The second kappa shape index (κ2) is 5.70. The lowest BCUT2D eigenvalue weighted by atomic mass is 10.2. The summed E-state index contributed by atoms with van der Waals surface area (Å²) in [7, 11) is 0. The molecule has 0 unspecified atom stereocenters. The Morgan fingerprint density at radius 3 is 2.71 bits per heavy atom. The lowest BCUT2D eigenvalue weighted by Gasteiger charge is -2.04. The van der Waals surface area contributed by atoms with E-state index in [1.165, 1.54) is 0 Å². The van der Waals surface area contributed by atoms with Crippen LogP contribution in [0.3, 0.4) is 0 Å². The summed E-state index contributed by atoms with van der Waals surface area (Å²) in [6.45, 7) is 1.82. The van der Waals surface area contributed by atoms with Crippen molar-refractivity contribution >= 4 is 17.4 Å². The van der Waals surface area contributed by atoms with Crippen LogP contribution in [0.25, 0.3) is 0 Å². The van der Waals surface area contributed by atoms with Crippen molar-refractivity contribution in [3.63, 3.8) is 0 Å². The van der Waals surface area contributed by atoms with E-state index in [1.54, 1.807) is 10.9 Å². The van der Waals surface area contributed by atoms with Gasteiger partial charge in [-0.15, -0.1) is 0 Å². The number of nitrogens with zero attached hydrogens (tertiary/aromatic N) is 2. The standard InChI is InChI=1S/C12H14ClN3O/c13-11-8-16(15-12(11)14)6-7-17-9-10-4-2-1-3-5-10/h1-5,8H,6-7,9H2,(H2,14,15). The van der Waals surface area contributed by atoms with Gasteiger partial charge >= 0.3 is 0 Å². The number of ether oxygens (including phenoxy) is 1. The Morgan fingerprint density at radius 1 is 1.29 bits per heavy atom. The van der Waals surface area contributed by atoms with Crippen LogP contribution in [0.5, 0.6) is 0 Å². The summed E-state index contributed by atoms with van der Waals surface area (Å²) in [6, 6.07) is 10.0. The van der Waals surface area contributed by atoms with Crippen molar-refractivity contribution in [2.45, 2.75) is 13.2 Å². The van der Waals surface area contributed by atoms with Crippen LogP contribution in [0.4, 0.5) is 5.82 Å². The first-order valence-corrected chi connectivity index (χ1v) is 5.73. The fourth-order valence-corrected chi connectivity index (χ4v) is 1.60. The summed E-state index contributed by atoms with van der Waals surface area (Å²) < 4.78 is 7.21. The predicted molar refractivity (Wildman–Crippen MR) is 67.7 cm³/mol. The summed E-state index contributed by atoms with van der Waals surface area (Å²) in [5.41, 5.74) is 6.69. The molecule has 90 valence electrons. The molecule has 1 heterocycles. The predicted octanol–water partition coefficient (Wildman–Crippen LogP) is 2.34. The van der Waals surface area contributed by atoms with Crippen molar-refractivity contribution in [1.82, 2.24) is 9.78 Å². The van der Waals surface area contributed by atoms with Gasteiger partial charge in [-0.3, -0.25) is 4.68 Å². The van der Waals surface area contributed by atoms with E-state index in [1.807, 2.05) is 30.3 Å². The minimum Gasteiger partial charge on any atom is -0.381 e. The summed E-state index contributed by atoms with van der Waals surface area (Å²) in [6.07, 6.45) is 1.70. The molecule has 0 aliphatic heterocycles. The molecule has 0 spiro atoms. The Kier molecular flexibility index (Phi) is 4.01. The Balaban J connectivity index is 1.73. The molecule has 0 saturated heterocycles. The quantitative estimate of drug-likeness (QED) is 0.830.